The Morgan fingerprint density at radius 2 is 2.11 bits per heavy atom. The van der Waals surface area contributed by atoms with Gasteiger partial charge in [-0.1, -0.05) is 0 Å². The molecule has 18 heavy (non-hydrogen) atoms. The van der Waals surface area contributed by atoms with Gasteiger partial charge in [0, 0.05) is 0 Å². The van der Waals surface area contributed by atoms with E-state index in [0.29, 0.717) is 0 Å². The van der Waals surface area contributed by atoms with Crippen LogP contribution in [0.1, 0.15) is 27.7 Å². The molecule has 2 aliphatic rings. The molecule has 1 unspecified atom stereocenters. The number of hydrogen-bond donors (Lipinski definition) is 1. The molecule has 2 saturated heterocycles. The van der Waals surface area contributed by atoms with Crippen molar-refractivity contribution in [3.8, 4) is 0 Å². The summed E-state index contributed by atoms with van der Waals surface area (Å²) in [5.41, 5.74) is 3.24. The Hall–Kier alpha value is -0.575. The van der Waals surface area contributed by atoms with E-state index >= 15 is 0 Å². The van der Waals surface area contributed by atoms with Crippen LogP contribution in [0.3, 0.4) is 0 Å². The minimum atomic E-state index is -0.881. The summed E-state index contributed by atoms with van der Waals surface area (Å²) in [4.78, 5) is 0. The number of fused-ring (bicyclic) bond motifs is 1. The van der Waals surface area contributed by atoms with Crippen molar-refractivity contribution >= 4 is 7.85 Å². The summed E-state index contributed by atoms with van der Waals surface area (Å²) >= 11 is 0. The molecule has 2 radical (unpaired) electrons. The average Bonchev–Trinajstić information content (AvgIpc) is 2.67. The van der Waals surface area contributed by atoms with Crippen molar-refractivity contribution in [3.05, 3.63) is 17.4 Å². The summed E-state index contributed by atoms with van der Waals surface area (Å²) in [6, 6.07) is -0.673. The Morgan fingerprint density at radius 1 is 1.44 bits per heavy atom. The number of rotatable bonds is 2. The van der Waals surface area contributed by atoms with Gasteiger partial charge in [-0.2, -0.15) is 0 Å². The van der Waals surface area contributed by atoms with Crippen LogP contribution in [0.15, 0.2) is 17.4 Å². The summed E-state index contributed by atoms with van der Waals surface area (Å²) in [5, 5.41) is 9.34. The van der Waals surface area contributed by atoms with Gasteiger partial charge < -0.3 is 19.3 Å². The normalized spacial score (nSPS) is 41.3. The highest BCUT2D eigenvalue weighted by atomic mass is 16.8. The van der Waals surface area contributed by atoms with Gasteiger partial charge in [-0.05, 0) is 39.3 Å². The molecule has 4 nitrogen and oxygen atoms in total. The molecule has 2 rings (SSSR count). The van der Waals surface area contributed by atoms with Gasteiger partial charge in [0.25, 0.3) is 0 Å². The molecule has 0 spiro atoms. The number of aliphatic hydroxyl groups excluding tert-OH is 1. The first-order valence-electron chi connectivity index (χ1n) is 6.12. The largest absolute Gasteiger partial charge is 0.394 e. The van der Waals surface area contributed by atoms with E-state index in [1.165, 1.54) is 0 Å². The van der Waals surface area contributed by atoms with Gasteiger partial charge >= 0.3 is 0 Å². The van der Waals surface area contributed by atoms with Crippen molar-refractivity contribution in [3.63, 3.8) is 0 Å². The van der Waals surface area contributed by atoms with E-state index in [1.807, 2.05) is 27.7 Å². The van der Waals surface area contributed by atoms with E-state index < -0.39 is 29.6 Å². The van der Waals surface area contributed by atoms with E-state index in [-0.39, 0.29) is 6.61 Å². The van der Waals surface area contributed by atoms with Gasteiger partial charge in [-0.25, -0.2) is 0 Å². The van der Waals surface area contributed by atoms with Crippen molar-refractivity contribution in [2.75, 3.05) is 6.61 Å². The fourth-order valence-electron chi connectivity index (χ4n) is 2.45. The standard InChI is InChI=1S/C13H19BO4/c1-8(2)5-6-13-10(17-12(3,4)18-13)9(7-15)16-11(13)14/h6,9-11,15H,7H2,1-4H3/t9-,10+,11-,13?/m1/s1. The van der Waals surface area contributed by atoms with E-state index in [9.17, 15) is 5.11 Å². The first-order chi connectivity index (χ1) is 8.31. The third kappa shape index (κ3) is 2.17. The number of aliphatic hydroxyl groups is 1. The van der Waals surface area contributed by atoms with Gasteiger partial charge in [-0.3, -0.25) is 0 Å². The smallest absolute Gasteiger partial charge is 0.164 e. The van der Waals surface area contributed by atoms with Crippen LogP contribution in [-0.4, -0.2) is 49.2 Å². The summed E-state index contributed by atoms with van der Waals surface area (Å²) in [6.45, 7) is 7.37. The first-order valence-corrected chi connectivity index (χ1v) is 6.12. The molecular formula is C13H19BO4. The monoisotopic (exact) mass is 250 g/mol. The van der Waals surface area contributed by atoms with Gasteiger partial charge in [0.05, 0.1) is 12.6 Å². The van der Waals surface area contributed by atoms with Crippen LogP contribution in [0.2, 0.25) is 0 Å². The Balaban J connectivity index is 2.42. The lowest BCUT2D eigenvalue weighted by molar-refractivity contribution is -0.191. The van der Waals surface area contributed by atoms with Gasteiger partial charge in [0.15, 0.2) is 5.79 Å². The van der Waals surface area contributed by atoms with Crippen LogP contribution in [-0.2, 0) is 14.2 Å². The molecule has 0 amide bonds. The van der Waals surface area contributed by atoms with E-state index in [0.717, 1.165) is 5.57 Å². The molecule has 2 fully saturated rings. The average molecular weight is 250 g/mol. The SMILES string of the molecule is [B][C@@H]1O[C@H](CO)[C@@H]2OC(C)(C)OC12C=C=C(C)C. The predicted octanol–water partition coefficient (Wildman–Crippen LogP) is 0.884. The summed E-state index contributed by atoms with van der Waals surface area (Å²) in [7, 11) is 6.01. The molecule has 0 aromatic heterocycles. The van der Waals surface area contributed by atoms with E-state index in [1.54, 1.807) is 6.08 Å². The Labute approximate surface area is 109 Å². The van der Waals surface area contributed by atoms with Crippen molar-refractivity contribution < 1.29 is 19.3 Å². The molecule has 5 heteroatoms. The van der Waals surface area contributed by atoms with Crippen LogP contribution in [0, 0.1) is 0 Å². The minimum Gasteiger partial charge on any atom is -0.394 e. The third-order valence-corrected chi connectivity index (χ3v) is 3.15. The second-order valence-electron chi connectivity index (χ2n) is 5.46. The zero-order chi connectivity index (χ0) is 13.6. The van der Waals surface area contributed by atoms with Crippen LogP contribution in [0.4, 0.5) is 0 Å². The molecule has 0 saturated carbocycles. The van der Waals surface area contributed by atoms with Crippen LogP contribution in [0.5, 0.6) is 0 Å². The second-order valence-corrected chi connectivity index (χ2v) is 5.46. The lowest BCUT2D eigenvalue weighted by Gasteiger charge is -2.28. The predicted molar refractivity (Wildman–Crippen MR) is 67.2 cm³/mol. The topological polar surface area (TPSA) is 47.9 Å². The molecule has 0 bridgehead atoms. The molecule has 1 N–H and O–H groups in total. The molecule has 0 aliphatic carbocycles. The van der Waals surface area contributed by atoms with E-state index in [2.05, 4.69) is 5.73 Å². The maximum Gasteiger partial charge on any atom is 0.164 e. The molecule has 2 aliphatic heterocycles. The minimum absolute atomic E-state index is 0.151. The highest BCUT2D eigenvalue weighted by Gasteiger charge is 2.62. The Morgan fingerprint density at radius 3 is 2.67 bits per heavy atom. The molecule has 98 valence electrons. The van der Waals surface area contributed by atoms with Crippen molar-refractivity contribution in [2.45, 2.75) is 57.3 Å². The molecular weight excluding hydrogens is 231 g/mol. The highest BCUT2D eigenvalue weighted by Crippen LogP contribution is 2.46. The van der Waals surface area contributed by atoms with Crippen molar-refractivity contribution in [1.82, 2.24) is 0 Å². The fraction of sp³-hybridized carbons (Fsp3) is 0.769. The number of hydrogen-bond acceptors (Lipinski definition) is 4. The zero-order valence-corrected chi connectivity index (χ0v) is 11.3. The number of ether oxygens (including phenoxy) is 3. The lowest BCUT2D eigenvalue weighted by Crippen LogP contribution is -2.45. The van der Waals surface area contributed by atoms with Gasteiger partial charge in [0.2, 0.25) is 0 Å². The highest BCUT2D eigenvalue weighted by molar-refractivity contribution is 6.12. The fourth-order valence-corrected chi connectivity index (χ4v) is 2.45. The van der Waals surface area contributed by atoms with Crippen LogP contribution >= 0.6 is 0 Å². The first kappa shape index (κ1) is 13.8. The van der Waals surface area contributed by atoms with Crippen LogP contribution < -0.4 is 0 Å². The second kappa shape index (κ2) is 4.51. The maximum atomic E-state index is 9.34. The quantitative estimate of drug-likeness (QED) is 0.584. The van der Waals surface area contributed by atoms with Gasteiger partial charge in [-0.15, -0.1) is 5.73 Å². The summed E-state index contributed by atoms with van der Waals surface area (Å²) < 4.78 is 17.3. The van der Waals surface area contributed by atoms with Crippen molar-refractivity contribution in [1.29, 1.82) is 0 Å². The molecule has 2 heterocycles. The summed E-state index contributed by atoms with van der Waals surface area (Å²) in [6.07, 6.45) is 0.874. The van der Waals surface area contributed by atoms with Crippen molar-refractivity contribution in [2.24, 2.45) is 0 Å². The zero-order valence-electron chi connectivity index (χ0n) is 11.3. The molecule has 0 aromatic carbocycles. The maximum absolute atomic E-state index is 9.34. The van der Waals surface area contributed by atoms with Gasteiger partial charge in [0.1, 0.15) is 25.7 Å². The molecule has 0 aromatic rings. The Bertz CT molecular complexity index is 396. The summed E-state index contributed by atoms with van der Waals surface area (Å²) in [5.74, 6) is -0.751. The Kier molecular flexibility index (Phi) is 3.47. The third-order valence-electron chi connectivity index (χ3n) is 3.15. The van der Waals surface area contributed by atoms with Crippen LogP contribution in [0.25, 0.3) is 0 Å². The lowest BCUT2D eigenvalue weighted by atomic mass is 9.80. The molecule has 4 atom stereocenters. The van der Waals surface area contributed by atoms with E-state index in [4.69, 9.17) is 22.1 Å².